The summed E-state index contributed by atoms with van der Waals surface area (Å²) in [7, 11) is 0. The average Bonchev–Trinajstić information content (AvgIpc) is 2.78. The Morgan fingerprint density at radius 2 is 1.93 bits per heavy atom. The van der Waals surface area contributed by atoms with Crippen LogP contribution in [0, 0.1) is 0 Å². The van der Waals surface area contributed by atoms with Gasteiger partial charge >= 0.3 is 0 Å². The molecule has 0 amide bonds. The maximum absolute atomic E-state index is 11.5. The lowest BCUT2D eigenvalue weighted by Crippen LogP contribution is -2.43. The summed E-state index contributed by atoms with van der Waals surface area (Å²) in [6, 6.07) is 14.5. The number of hydrogen-bond acceptors (Lipinski definition) is 6. The summed E-state index contributed by atoms with van der Waals surface area (Å²) in [5, 5.41) is 17.0. The molecule has 0 fully saturated rings. The highest BCUT2D eigenvalue weighted by Gasteiger charge is 2.20. The number of aliphatic hydroxyl groups excluding tert-OH is 1. The molecule has 160 valence electrons. The van der Waals surface area contributed by atoms with Gasteiger partial charge in [-0.3, -0.25) is 9.69 Å². The summed E-state index contributed by atoms with van der Waals surface area (Å²) >= 11 is 0. The summed E-state index contributed by atoms with van der Waals surface area (Å²) in [6.45, 7) is 5.03. The number of carbonyl (C=O) groups is 1. The molecular weight excluding hydrogens is 378 g/mol. The van der Waals surface area contributed by atoms with Crippen LogP contribution in [0.25, 0.3) is 0 Å². The van der Waals surface area contributed by atoms with E-state index in [1.807, 2.05) is 12.1 Å². The molecule has 2 aliphatic rings. The number of aliphatic hydroxyl groups is 1. The van der Waals surface area contributed by atoms with Crippen LogP contribution in [0.15, 0.2) is 42.5 Å². The second-order valence-electron chi connectivity index (χ2n) is 8.18. The van der Waals surface area contributed by atoms with E-state index in [-0.39, 0.29) is 0 Å². The number of nitrogens with one attached hydrogen (secondary N) is 2. The number of β-amino-alcohol motifs (C(OH)–C–C–N with tert-alkyl or cyclic N) is 1. The van der Waals surface area contributed by atoms with E-state index in [0.717, 1.165) is 51.1 Å². The van der Waals surface area contributed by atoms with Crippen molar-refractivity contribution in [2.45, 2.75) is 38.1 Å². The number of fused-ring (bicyclic) bond motifs is 2. The van der Waals surface area contributed by atoms with Crippen molar-refractivity contribution in [2.75, 3.05) is 32.7 Å². The monoisotopic (exact) mass is 409 g/mol. The molecule has 0 saturated heterocycles. The minimum Gasteiger partial charge on any atom is -0.481 e. The molecule has 2 heterocycles. The zero-order valence-corrected chi connectivity index (χ0v) is 17.3. The van der Waals surface area contributed by atoms with Gasteiger partial charge in [-0.2, -0.15) is 0 Å². The Balaban J connectivity index is 1.23. The molecule has 0 bridgehead atoms. The number of nitrogens with zero attached hydrogens (tertiary/aromatic N) is 1. The fraction of sp³-hybridized carbons (Fsp3) is 0.458. The summed E-state index contributed by atoms with van der Waals surface area (Å²) < 4.78 is 5.98. The van der Waals surface area contributed by atoms with E-state index in [4.69, 9.17) is 4.74 Å². The second kappa shape index (κ2) is 10.2. The number of benzene rings is 2. The molecular formula is C24H31N3O3. The van der Waals surface area contributed by atoms with Crippen molar-refractivity contribution in [1.82, 2.24) is 15.5 Å². The average molecular weight is 410 g/mol. The van der Waals surface area contributed by atoms with Crippen molar-refractivity contribution in [3.05, 3.63) is 64.7 Å². The van der Waals surface area contributed by atoms with E-state index in [9.17, 15) is 9.90 Å². The van der Waals surface area contributed by atoms with Crippen LogP contribution in [-0.4, -0.2) is 61.2 Å². The molecule has 0 spiro atoms. The quantitative estimate of drug-likeness (QED) is 0.542. The fourth-order valence-electron chi connectivity index (χ4n) is 4.35. The van der Waals surface area contributed by atoms with Gasteiger partial charge in [-0.15, -0.1) is 0 Å². The van der Waals surface area contributed by atoms with E-state index >= 15 is 0 Å². The molecule has 0 radical (unpaired) electrons. The summed E-state index contributed by atoms with van der Waals surface area (Å²) in [6.07, 6.45) is 1.70. The Bertz CT molecular complexity index is 857. The number of ether oxygens (including phenoxy) is 1. The third kappa shape index (κ3) is 5.26. The van der Waals surface area contributed by atoms with E-state index in [0.29, 0.717) is 19.6 Å². The molecule has 30 heavy (non-hydrogen) atoms. The molecule has 2 aliphatic heterocycles. The second-order valence-corrected chi connectivity index (χ2v) is 8.18. The van der Waals surface area contributed by atoms with Gasteiger partial charge in [0.2, 0.25) is 0 Å². The summed E-state index contributed by atoms with van der Waals surface area (Å²) in [4.78, 5) is 13.8. The van der Waals surface area contributed by atoms with Crippen LogP contribution in [0.2, 0.25) is 0 Å². The van der Waals surface area contributed by atoms with Crippen LogP contribution >= 0.6 is 0 Å². The van der Waals surface area contributed by atoms with Crippen LogP contribution in [-0.2, 0) is 30.7 Å². The van der Waals surface area contributed by atoms with Gasteiger partial charge in [0.15, 0.2) is 12.4 Å². The molecule has 2 atom stereocenters. The highest BCUT2D eigenvalue weighted by molar-refractivity contribution is 5.58. The van der Waals surface area contributed by atoms with E-state index < -0.39 is 12.2 Å². The van der Waals surface area contributed by atoms with Crippen LogP contribution in [0.4, 0.5) is 0 Å². The lowest BCUT2D eigenvalue weighted by atomic mass is 10.00. The number of rotatable bonds is 9. The van der Waals surface area contributed by atoms with Gasteiger partial charge in [-0.25, -0.2) is 0 Å². The standard InChI is InChI=1S/C24H31N3O3/c28-17-22(30-24-7-3-6-19-12-25-10-8-23(19)24)14-26-13-21(29)16-27-11-9-18-4-1-2-5-20(18)15-27/h1-7,17,21-22,25-26,29H,8-16H2. The van der Waals surface area contributed by atoms with Crippen molar-refractivity contribution >= 4 is 6.29 Å². The highest BCUT2D eigenvalue weighted by atomic mass is 16.5. The number of hydrogen-bond donors (Lipinski definition) is 3. The lowest BCUT2D eigenvalue weighted by molar-refractivity contribution is -0.113. The summed E-state index contributed by atoms with van der Waals surface area (Å²) in [5.74, 6) is 0.792. The molecule has 2 aromatic carbocycles. The van der Waals surface area contributed by atoms with E-state index in [1.54, 1.807) is 0 Å². The SMILES string of the molecule is O=CC(CNCC(O)CN1CCc2ccccc2C1)Oc1cccc2c1CCNC2. The largest absolute Gasteiger partial charge is 0.481 e. The maximum Gasteiger partial charge on any atom is 0.166 e. The third-order valence-corrected chi connectivity index (χ3v) is 5.93. The molecule has 4 rings (SSSR count). The first-order valence-electron chi connectivity index (χ1n) is 10.8. The Kier molecular flexibility index (Phi) is 7.12. The third-order valence-electron chi connectivity index (χ3n) is 5.93. The smallest absolute Gasteiger partial charge is 0.166 e. The van der Waals surface area contributed by atoms with Gasteiger partial charge < -0.3 is 20.5 Å². The van der Waals surface area contributed by atoms with Gasteiger partial charge in [0.05, 0.1) is 6.10 Å². The number of aldehydes is 1. The minimum absolute atomic E-state index is 0.380. The normalized spacial score (nSPS) is 18.2. The Labute approximate surface area is 178 Å². The first kappa shape index (κ1) is 21.0. The van der Waals surface area contributed by atoms with Crippen molar-refractivity contribution in [3.63, 3.8) is 0 Å². The topological polar surface area (TPSA) is 73.8 Å². The van der Waals surface area contributed by atoms with Gasteiger partial charge in [-0.1, -0.05) is 36.4 Å². The molecule has 6 heteroatoms. The van der Waals surface area contributed by atoms with Crippen LogP contribution in [0.5, 0.6) is 5.75 Å². The molecule has 3 N–H and O–H groups in total. The van der Waals surface area contributed by atoms with Crippen molar-refractivity contribution < 1.29 is 14.6 Å². The van der Waals surface area contributed by atoms with Crippen molar-refractivity contribution in [1.29, 1.82) is 0 Å². The number of carbonyl (C=O) groups excluding carboxylic acids is 1. The van der Waals surface area contributed by atoms with Gasteiger partial charge in [-0.05, 0) is 47.7 Å². The van der Waals surface area contributed by atoms with Crippen LogP contribution in [0.3, 0.4) is 0 Å². The van der Waals surface area contributed by atoms with E-state index in [2.05, 4.69) is 45.9 Å². The molecule has 0 aliphatic carbocycles. The maximum atomic E-state index is 11.5. The van der Waals surface area contributed by atoms with Crippen LogP contribution < -0.4 is 15.4 Å². The summed E-state index contributed by atoms with van der Waals surface area (Å²) in [5.41, 5.74) is 5.18. The zero-order valence-electron chi connectivity index (χ0n) is 17.3. The van der Waals surface area contributed by atoms with Crippen LogP contribution in [0.1, 0.15) is 22.3 Å². The minimum atomic E-state index is -0.569. The Morgan fingerprint density at radius 1 is 1.10 bits per heavy atom. The van der Waals surface area contributed by atoms with E-state index in [1.165, 1.54) is 22.3 Å². The highest BCUT2D eigenvalue weighted by Crippen LogP contribution is 2.26. The first-order valence-corrected chi connectivity index (χ1v) is 10.8. The molecule has 0 aromatic heterocycles. The first-order chi connectivity index (χ1) is 14.7. The fourth-order valence-corrected chi connectivity index (χ4v) is 4.35. The van der Waals surface area contributed by atoms with Gasteiger partial charge in [0.1, 0.15) is 5.75 Å². The molecule has 2 aromatic rings. The molecule has 6 nitrogen and oxygen atoms in total. The van der Waals surface area contributed by atoms with Crippen molar-refractivity contribution in [3.8, 4) is 5.75 Å². The molecule has 0 saturated carbocycles. The predicted octanol–water partition coefficient (Wildman–Crippen LogP) is 1.29. The van der Waals surface area contributed by atoms with Crippen molar-refractivity contribution in [2.24, 2.45) is 0 Å². The Morgan fingerprint density at radius 3 is 2.80 bits per heavy atom. The molecule has 2 unspecified atom stereocenters. The predicted molar refractivity (Wildman–Crippen MR) is 117 cm³/mol. The zero-order chi connectivity index (χ0) is 20.8. The Hall–Kier alpha value is -2.25. The van der Waals surface area contributed by atoms with Gasteiger partial charge in [0, 0.05) is 39.3 Å². The van der Waals surface area contributed by atoms with Gasteiger partial charge in [0.25, 0.3) is 0 Å². The lowest BCUT2D eigenvalue weighted by Gasteiger charge is -2.30.